The predicted octanol–water partition coefficient (Wildman–Crippen LogP) is 1.69. The van der Waals surface area contributed by atoms with Gasteiger partial charge < -0.3 is 16.0 Å². The van der Waals surface area contributed by atoms with E-state index in [0.717, 1.165) is 36.6 Å². The molecule has 2 heterocycles. The Labute approximate surface area is 167 Å². The summed E-state index contributed by atoms with van der Waals surface area (Å²) in [5.41, 5.74) is 2.15. The van der Waals surface area contributed by atoms with Crippen LogP contribution in [0.25, 0.3) is 0 Å². The summed E-state index contributed by atoms with van der Waals surface area (Å²) >= 11 is 0. The fourth-order valence-electron chi connectivity index (χ4n) is 3.97. The number of carbonyl (C=O) groups excluding carboxylic acids is 2. The quantitative estimate of drug-likeness (QED) is 0.532. The highest BCUT2D eigenvalue weighted by atomic mass is 16.2. The van der Waals surface area contributed by atoms with Crippen molar-refractivity contribution in [2.45, 2.75) is 58.0 Å². The number of hydrogen-bond acceptors (Lipinski definition) is 5. The molecule has 2 aliphatic rings. The second kappa shape index (κ2) is 9.87. The Balaban J connectivity index is 1.41. The molecule has 3 rings (SSSR count). The highest BCUT2D eigenvalue weighted by Crippen LogP contribution is 2.35. The molecule has 1 aromatic rings. The van der Waals surface area contributed by atoms with E-state index in [2.05, 4.69) is 25.8 Å². The molecule has 7 heteroatoms. The van der Waals surface area contributed by atoms with Gasteiger partial charge in [-0.2, -0.15) is 0 Å². The summed E-state index contributed by atoms with van der Waals surface area (Å²) < 4.78 is 0. The van der Waals surface area contributed by atoms with Gasteiger partial charge in [0, 0.05) is 69.7 Å². The third-order valence-electron chi connectivity index (χ3n) is 5.73. The number of hydrogen-bond donors (Lipinski definition) is 3. The number of nitrogens with zero attached hydrogens (tertiary/aromatic N) is 2. The minimum Gasteiger partial charge on any atom is -0.383 e. The monoisotopic (exact) mass is 387 g/mol. The molecular weight excluding hydrogens is 354 g/mol. The predicted molar refractivity (Wildman–Crippen MR) is 110 cm³/mol. The zero-order valence-corrected chi connectivity index (χ0v) is 17.0. The Kier molecular flexibility index (Phi) is 7.25. The Morgan fingerprint density at radius 2 is 1.93 bits per heavy atom. The molecule has 1 aromatic heterocycles. The van der Waals surface area contributed by atoms with E-state index in [4.69, 9.17) is 0 Å². The molecule has 0 aromatic carbocycles. The van der Waals surface area contributed by atoms with Crippen molar-refractivity contribution in [1.29, 1.82) is 0 Å². The molecule has 0 radical (unpaired) electrons. The maximum atomic E-state index is 12.5. The summed E-state index contributed by atoms with van der Waals surface area (Å²) in [5, 5.41) is 9.33. The maximum absolute atomic E-state index is 12.5. The van der Waals surface area contributed by atoms with Gasteiger partial charge in [0.05, 0.1) is 0 Å². The molecule has 1 aliphatic carbocycles. The van der Waals surface area contributed by atoms with E-state index < -0.39 is 0 Å². The molecule has 28 heavy (non-hydrogen) atoms. The lowest BCUT2D eigenvalue weighted by molar-refractivity contribution is -0.122. The first-order valence-corrected chi connectivity index (χ1v) is 10.4. The number of carbonyl (C=O) groups is 2. The van der Waals surface area contributed by atoms with Crippen molar-refractivity contribution in [1.82, 2.24) is 20.5 Å². The van der Waals surface area contributed by atoms with Gasteiger partial charge in [-0.15, -0.1) is 0 Å². The number of pyridine rings is 1. The van der Waals surface area contributed by atoms with Gasteiger partial charge in [-0.1, -0.05) is 0 Å². The topological polar surface area (TPSA) is 86.4 Å². The lowest BCUT2D eigenvalue weighted by Crippen LogP contribution is -2.45. The van der Waals surface area contributed by atoms with Crippen LogP contribution in [0.4, 0.5) is 5.69 Å². The smallest absolute Gasteiger partial charge is 0.221 e. The van der Waals surface area contributed by atoms with Crippen LogP contribution in [0.15, 0.2) is 18.5 Å². The van der Waals surface area contributed by atoms with E-state index in [-0.39, 0.29) is 17.9 Å². The second-order valence-electron chi connectivity index (χ2n) is 8.13. The normalized spacial score (nSPS) is 22.1. The first-order valence-electron chi connectivity index (χ1n) is 10.4. The number of rotatable bonds is 10. The summed E-state index contributed by atoms with van der Waals surface area (Å²) in [6.07, 6.45) is 8.79. The maximum Gasteiger partial charge on any atom is 0.221 e. The minimum absolute atomic E-state index is 0.0181. The fourth-order valence-corrected chi connectivity index (χ4v) is 3.97. The van der Waals surface area contributed by atoms with Gasteiger partial charge in [0.1, 0.15) is 0 Å². The second-order valence-corrected chi connectivity index (χ2v) is 8.13. The fraction of sp³-hybridized carbons (Fsp3) is 0.667. The van der Waals surface area contributed by atoms with Crippen molar-refractivity contribution in [3.8, 4) is 0 Å². The molecule has 2 amide bonds. The minimum atomic E-state index is 0.0181. The van der Waals surface area contributed by atoms with Crippen molar-refractivity contribution in [2.75, 3.05) is 31.5 Å². The Hall–Kier alpha value is -2.15. The number of aryl methyl sites for hydroxylation is 1. The number of anilines is 1. The number of amides is 2. The van der Waals surface area contributed by atoms with Crippen molar-refractivity contribution in [3.05, 3.63) is 24.0 Å². The van der Waals surface area contributed by atoms with Gasteiger partial charge in [-0.05, 0) is 50.2 Å². The van der Waals surface area contributed by atoms with Crippen molar-refractivity contribution >= 4 is 17.5 Å². The van der Waals surface area contributed by atoms with Gasteiger partial charge in [-0.25, -0.2) is 0 Å². The summed E-state index contributed by atoms with van der Waals surface area (Å²) in [5.74, 6) is 0.903. The average Bonchev–Trinajstić information content (AvgIpc) is 3.41. The van der Waals surface area contributed by atoms with Gasteiger partial charge in [0.2, 0.25) is 11.8 Å². The van der Waals surface area contributed by atoms with Crippen LogP contribution < -0.4 is 16.0 Å². The van der Waals surface area contributed by atoms with Crippen LogP contribution in [0.5, 0.6) is 0 Å². The first kappa shape index (κ1) is 20.6. The largest absolute Gasteiger partial charge is 0.383 e. The molecule has 0 bridgehead atoms. The van der Waals surface area contributed by atoms with Crippen molar-refractivity contribution < 1.29 is 9.59 Å². The summed E-state index contributed by atoms with van der Waals surface area (Å²) in [4.78, 5) is 30.3. The van der Waals surface area contributed by atoms with Crippen LogP contribution in [0, 0.1) is 12.8 Å². The molecule has 154 valence electrons. The Bertz CT molecular complexity index is 677. The van der Waals surface area contributed by atoms with E-state index in [1.165, 1.54) is 12.8 Å². The SMILES string of the molecule is CC(=O)NC[C@H]1CC[C@@H](CC(=O)NCCNc2ccncc2C)N1CC1CC1. The van der Waals surface area contributed by atoms with Crippen LogP contribution >= 0.6 is 0 Å². The molecule has 0 spiro atoms. The third-order valence-corrected chi connectivity index (χ3v) is 5.73. The number of nitrogens with one attached hydrogen (secondary N) is 3. The first-order chi connectivity index (χ1) is 13.5. The molecule has 0 unspecified atom stereocenters. The standard InChI is InChI=1S/C21H33N5O2/c1-15-12-22-8-7-20(15)23-9-10-24-21(28)11-18-5-6-19(13-25-16(2)27)26(18)14-17-3-4-17/h7-8,12,17-19H,3-6,9-11,13-14H2,1-2H3,(H,22,23)(H,24,28)(H,25,27)/t18-,19+/m0/s1. The zero-order valence-electron chi connectivity index (χ0n) is 17.0. The van der Waals surface area contributed by atoms with Crippen LogP contribution in [0.3, 0.4) is 0 Å². The molecular formula is C21H33N5O2. The summed E-state index contributed by atoms with van der Waals surface area (Å²) in [7, 11) is 0. The van der Waals surface area contributed by atoms with Gasteiger partial charge >= 0.3 is 0 Å². The van der Waals surface area contributed by atoms with Crippen LogP contribution in [-0.4, -0.2) is 60.0 Å². The lowest BCUT2D eigenvalue weighted by Gasteiger charge is -2.30. The van der Waals surface area contributed by atoms with E-state index in [1.54, 1.807) is 13.1 Å². The lowest BCUT2D eigenvalue weighted by atomic mass is 10.1. The Morgan fingerprint density at radius 3 is 2.64 bits per heavy atom. The van der Waals surface area contributed by atoms with Gasteiger partial charge in [0.25, 0.3) is 0 Å². The van der Waals surface area contributed by atoms with Crippen LogP contribution in [0.1, 0.15) is 44.6 Å². The van der Waals surface area contributed by atoms with Crippen molar-refractivity contribution in [2.24, 2.45) is 5.92 Å². The molecule has 1 saturated heterocycles. The molecule has 7 nitrogen and oxygen atoms in total. The molecule has 2 fully saturated rings. The van der Waals surface area contributed by atoms with Gasteiger partial charge in [0.15, 0.2) is 0 Å². The Morgan fingerprint density at radius 1 is 1.14 bits per heavy atom. The molecule has 1 saturated carbocycles. The van der Waals surface area contributed by atoms with E-state index in [1.807, 2.05) is 19.2 Å². The van der Waals surface area contributed by atoms with Crippen LogP contribution in [-0.2, 0) is 9.59 Å². The van der Waals surface area contributed by atoms with Gasteiger partial charge in [-0.3, -0.25) is 19.5 Å². The zero-order chi connectivity index (χ0) is 19.9. The van der Waals surface area contributed by atoms with Crippen molar-refractivity contribution in [3.63, 3.8) is 0 Å². The summed E-state index contributed by atoms with van der Waals surface area (Å²) in [6, 6.07) is 2.59. The molecule has 2 atom stereocenters. The highest BCUT2D eigenvalue weighted by molar-refractivity contribution is 5.76. The van der Waals surface area contributed by atoms with E-state index in [9.17, 15) is 9.59 Å². The van der Waals surface area contributed by atoms with E-state index >= 15 is 0 Å². The highest BCUT2D eigenvalue weighted by Gasteiger charge is 2.37. The third kappa shape index (κ3) is 6.19. The molecule has 1 aliphatic heterocycles. The average molecular weight is 388 g/mol. The van der Waals surface area contributed by atoms with Crippen LogP contribution in [0.2, 0.25) is 0 Å². The van der Waals surface area contributed by atoms with E-state index in [0.29, 0.717) is 32.1 Å². The number of likely N-dealkylation sites (tertiary alicyclic amines) is 1. The summed E-state index contributed by atoms with van der Waals surface area (Å²) in [6.45, 7) is 6.62. The number of aromatic nitrogens is 1. The molecule has 3 N–H and O–H groups in total.